The van der Waals surface area contributed by atoms with Gasteiger partial charge in [-0.3, -0.25) is 0 Å². The molecule has 0 bridgehead atoms. The van der Waals surface area contributed by atoms with Crippen LogP contribution in [0.2, 0.25) is 0 Å². The first-order chi connectivity index (χ1) is 6.75. The number of benzene rings is 1. The third-order valence-electron chi connectivity index (χ3n) is 1.69. The number of nitrogen functional groups attached to an aromatic ring is 1. The minimum Gasteiger partial charge on any atom is -0.397 e. The maximum Gasteiger partial charge on any atom is 0.187 e. The Hall–Kier alpha value is -1.62. The van der Waals surface area contributed by atoms with Crippen molar-refractivity contribution in [2.75, 3.05) is 11.1 Å². The minimum absolute atomic E-state index is 0.321. The summed E-state index contributed by atoms with van der Waals surface area (Å²) < 4.78 is 12.9. The van der Waals surface area contributed by atoms with Crippen molar-refractivity contribution in [3.05, 3.63) is 35.6 Å². The number of nitrogens with one attached hydrogen (secondary N) is 1. The third-order valence-corrected chi connectivity index (χ3v) is 2.38. The number of halogens is 1. The molecule has 0 saturated heterocycles. The summed E-state index contributed by atoms with van der Waals surface area (Å²) in [6, 6.07) is 4.18. The van der Waals surface area contributed by atoms with E-state index in [0.29, 0.717) is 16.5 Å². The highest BCUT2D eigenvalue weighted by Crippen LogP contribution is 2.24. The Kier molecular flexibility index (Phi) is 2.32. The number of thiazole rings is 1. The van der Waals surface area contributed by atoms with E-state index in [1.165, 1.54) is 29.5 Å². The summed E-state index contributed by atoms with van der Waals surface area (Å²) in [6.45, 7) is 0. The largest absolute Gasteiger partial charge is 0.397 e. The zero-order chi connectivity index (χ0) is 9.97. The van der Waals surface area contributed by atoms with E-state index in [2.05, 4.69) is 10.3 Å². The van der Waals surface area contributed by atoms with Crippen LogP contribution in [0.3, 0.4) is 0 Å². The van der Waals surface area contributed by atoms with Gasteiger partial charge in [0.05, 0.1) is 11.4 Å². The zero-order valence-corrected chi connectivity index (χ0v) is 8.01. The highest BCUT2D eigenvalue weighted by molar-refractivity contribution is 7.13. The lowest BCUT2D eigenvalue weighted by Gasteiger charge is -2.05. The molecule has 72 valence electrons. The van der Waals surface area contributed by atoms with Crippen LogP contribution in [0.5, 0.6) is 0 Å². The molecule has 1 heterocycles. The van der Waals surface area contributed by atoms with Crippen LogP contribution in [0, 0.1) is 5.82 Å². The van der Waals surface area contributed by atoms with E-state index in [4.69, 9.17) is 5.73 Å². The van der Waals surface area contributed by atoms with E-state index >= 15 is 0 Å². The van der Waals surface area contributed by atoms with E-state index in [1.54, 1.807) is 6.20 Å². The molecular weight excluding hydrogens is 201 g/mol. The highest BCUT2D eigenvalue weighted by atomic mass is 32.1. The van der Waals surface area contributed by atoms with Gasteiger partial charge in [-0.05, 0) is 18.2 Å². The van der Waals surface area contributed by atoms with E-state index < -0.39 is 0 Å². The second kappa shape index (κ2) is 3.63. The van der Waals surface area contributed by atoms with Gasteiger partial charge in [0.2, 0.25) is 0 Å². The van der Waals surface area contributed by atoms with Gasteiger partial charge in [0.15, 0.2) is 5.13 Å². The maximum atomic E-state index is 12.9. The fraction of sp³-hybridized carbons (Fsp3) is 0. The molecule has 2 aromatic rings. The summed E-state index contributed by atoms with van der Waals surface area (Å²) in [7, 11) is 0. The lowest BCUT2D eigenvalue weighted by Crippen LogP contribution is -1.96. The predicted molar refractivity (Wildman–Crippen MR) is 56.2 cm³/mol. The molecule has 0 saturated carbocycles. The second-order valence-electron chi connectivity index (χ2n) is 2.69. The van der Waals surface area contributed by atoms with Crippen molar-refractivity contribution in [3.8, 4) is 0 Å². The van der Waals surface area contributed by atoms with Gasteiger partial charge in [-0.2, -0.15) is 0 Å². The van der Waals surface area contributed by atoms with Crippen LogP contribution in [0.15, 0.2) is 29.8 Å². The van der Waals surface area contributed by atoms with E-state index in [9.17, 15) is 4.39 Å². The normalized spacial score (nSPS) is 10.1. The topological polar surface area (TPSA) is 50.9 Å². The van der Waals surface area contributed by atoms with Crippen molar-refractivity contribution < 1.29 is 4.39 Å². The van der Waals surface area contributed by atoms with Crippen LogP contribution < -0.4 is 11.1 Å². The van der Waals surface area contributed by atoms with Gasteiger partial charge in [-0.25, -0.2) is 9.37 Å². The fourth-order valence-corrected chi connectivity index (χ4v) is 1.58. The molecule has 0 unspecified atom stereocenters. The van der Waals surface area contributed by atoms with E-state index in [1.807, 2.05) is 5.38 Å². The molecule has 0 spiro atoms. The first kappa shape index (κ1) is 8.96. The Morgan fingerprint density at radius 2 is 2.29 bits per heavy atom. The van der Waals surface area contributed by atoms with Gasteiger partial charge in [0, 0.05) is 11.6 Å². The molecule has 0 fully saturated rings. The molecule has 3 nitrogen and oxygen atoms in total. The van der Waals surface area contributed by atoms with Gasteiger partial charge in [0.1, 0.15) is 5.82 Å². The Bertz CT molecular complexity index is 428. The highest BCUT2D eigenvalue weighted by Gasteiger charge is 2.02. The van der Waals surface area contributed by atoms with Gasteiger partial charge in [-0.15, -0.1) is 11.3 Å². The Labute approximate surface area is 84.4 Å². The average molecular weight is 209 g/mol. The van der Waals surface area contributed by atoms with Crippen LogP contribution in [0.4, 0.5) is 20.9 Å². The first-order valence-electron chi connectivity index (χ1n) is 3.97. The number of rotatable bonds is 2. The minimum atomic E-state index is -0.321. The number of nitrogens with zero attached hydrogens (tertiary/aromatic N) is 1. The van der Waals surface area contributed by atoms with Crippen molar-refractivity contribution in [3.63, 3.8) is 0 Å². The van der Waals surface area contributed by atoms with Crippen LogP contribution in [0.25, 0.3) is 0 Å². The summed E-state index contributed by atoms with van der Waals surface area (Å²) in [5.41, 5.74) is 6.70. The van der Waals surface area contributed by atoms with Crippen molar-refractivity contribution in [1.29, 1.82) is 0 Å². The summed E-state index contributed by atoms with van der Waals surface area (Å²) in [5, 5.41) is 5.46. The molecule has 0 aliphatic rings. The van der Waals surface area contributed by atoms with Crippen molar-refractivity contribution >= 4 is 27.8 Å². The van der Waals surface area contributed by atoms with Crippen LogP contribution in [-0.2, 0) is 0 Å². The number of aromatic nitrogens is 1. The molecular formula is C9H8FN3S. The van der Waals surface area contributed by atoms with Crippen LogP contribution in [-0.4, -0.2) is 4.98 Å². The monoisotopic (exact) mass is 209 g/mol. The zero-order valence-electron chi connectivity index (χ0n) is 7.20. The molecule has 0 atom stereocenters. The van der Waals surface area contributed by atoms with Crippen molar-refractivity contribution in [2.45, 2.75) is 0 Å². The lowest BCUT2D eigenvalue weighted by molar-refractivity contribution is 0.628. The first-order valence-corrected chi connectivity index (χ1v) is 4.85. The summed E-state index contributed by atoms with van der Waals surface area (Å²) >= 11 is 1.43. The molecule has 2 rings (SSSR count). The Morgan fingerprint density at radius 3 is 3.00 bits per heavy atom. The molecule has 0 aliphatic heterocycles. The van der Waals surface area contributed by atoms with Crippen molar-refractivity contribution in [1.82, 2.24) is 4.98 Å². The molecule has 0 radical (unpaired) electrons. The average Bonchev–Trinajstić information content (AvgIpc) is 2.64. The van der Waals surface area contributed by atoms with Gasteiger partial charge < -0.3 is 11.1 Å². The predicted octanol–water partition coefficient (Wildman–Crippen LogP) is 2.61. The van der Waals surface area contributed by atoms with Gasteiger partial charge >= 0.3 is 0 Å². The quantitative estimate of drug-likeness (QED) is 0.747. The standard InChI is InChI=1S/C9H8FN3S/c10-6-1-2-7(11)8(5-6)13-9-12-3-4-14-9/h1-5H,11H2,(H,12,13). The number of anilines is 3. The Morgan fingerprint density at radius 1 is 1.43 bits per heavy atom. The molecule has 14 heavy (non-hydrogen) atoms. The van der Waals surface area contributed by atoms with E-state index in [0.717, 1.165) is 0 Å². The van der Waals surface area contributed by atoms with Gasteiger partial charge in [0.25, 0.3) is 0 Å². The SMILES string of the molecule is Nc1ccc(F)cc1Nc1nccs1. The molecule has 3 N–H and O–H groups in total. The summed E-state index contributed by atoms with van der Waals surface area (Å²) in [6.07, 6.45) is 1.67. The van der Waals surface area contributed by atoms with Gasteiger partial charge in [-0.1, -0.05) is 0 Å². The van der Waals surface area contributed by atoms with Crippen LogP contribution >= 0.6 is 11.3 Å². The maximum absolute atomic E-state index is 12.9. The van der Waals surface area contributed by atoms with Crippen molar-refractivity contribution in [2.24, 2.45) is 0 Å². The molecule has 1 aromatic carbocycles. The summed E-state index contributed by atoms with van der Waals surface area (Å²) in [5.74, 6) is -0.321. The smallest absolute Gasteiger partial charge is 0.187 e. The second-order valence-corrected chi connectivity index (χ2v) is 3.59. The summed E-state index contributed by atoms with van der Waals surface area (Å²) in [4.78, 5) is 4.01. The fourth-order valence-electron chi connectivity index (χ4n) is 1.04. The molecule has 1 aromatic heterocycles. The molecule has 0 amide bonds. The molecule has 5 heteroatoms. The number of hydrogen-bond donors (Lipinski definition) is 2. The van der Waals surface area contributed by atoms with Crippen LogP contribution in [0.1, 0.15) is 0 Å². The van der Waals surface area contributed by atoms with E-state index in [-0.39, 0.29) is 5.82 Å². The molecule has 0 aliphatic carbocycles. The Balaban J connectivity index is 2.28. The third kappa shape index (κ3) is 1.82. The number of nitrogens with two attached hydrogens (primary N) is 1. The number of hydrogen-bond acceptors (Lipinski definition) is 4. The lowest BCUT2D eigenvalue weighted by atomic mass is 10.2.